The summed E-state index contributed by atoms with van der Waals surface area (Å²) < 4.78 is 29.9. The molecule has 2 fully saturated rings. The molecule has 1 aromatic heterocycles. The molecular weight excluding hydrogens is 480 g/mol. The smallest absolute Gasteiger partial charge is 0.270 e. The standard InChI is InChI=1S/C26H30N4O5S/c1-19-26(23-9-2-3-10-24(23)29(19)18-25(31)27-13-4-5-14-27)20-11-15-28(16-12-20)36(34,35)22-8-6-7-21(17-22)30(32)33/h2-3,6-10,17,20H,4-5,11-16,18H2,1H3. The molecule has 5 rings (SSSR count). The first-order valence-corrected chi connectivity index (χ1v) is 13.8. The fourth-order valence-electron chi connectivity index (χ4n) is 5.67. The van der Waals surface area contributed by atoms with E-state index in [0.29, 0.717) is 32.5 Å². The molecular formula is C26H30N4O5S. The zero-order chi connectivity index (χ0) is 25.4. The Labute approximate surface area is 210 Å². The third-order valence-electron chi connectivity index (χ3n) is 7.56. The number of carbonyl (C=O) groups is 1. The molecule has 1 amide bonds. The fraction of sp³-hybridized carbons (Fsp3) is 0.423. The molecule has 0 radical (unpaired) electrons. The highest BCUT2D eigenvalue weighted by molar-refractivity contribution is 7.89. The number of aromatic nitrogens is 1. The van der Waals surface area contributed by atoms with E-state index in [1.165, 1.54) is 28.1 Å². The average molecular weight is 511 g/mol. The number of rotatable bonds is 6. The lowest BCUT2D eigenvalue weighted by Crippen LogP contribution is -2.38. The second-order valence-electron chi connectivity index (χ2n) is 9.62. The Morgan fingerprint density at radius 1 is 1.03 bits per heavy atom. The molecule has 9 nitrogen and oxygen atoms in total. The largest absolute Gasteiger partial charge is 0.341 e. The zero-order valence-electron chi connectivity index (χ0n) is 20.3. The number of likely N-dealkylation sites (tertiary alicyclic amines) is 1. The molecule has 0 bridgehead atoms. The first kappa shape index (κ1) is 24.5. The zero-order valence-corrected chi connectivity index (χ0v) is 21.1. The molecule has 2 aromatic carbocycles. The number of para-hydroxylation sites is 1. The number of piperidine rings is 1. The van der Waals surface area contributed by atoms with E-state index in [1.807, 2.05) is 23.1 Å². The molecule has 190 valence electrons. The topological polar surface area (TPSA) is 106 Å². The Hall–Kier alpha value is -3.24. The van der Waals surface area contributed by atoms with E-state index < -0.39 is 14.9 Å². The van der Waals surface area contributed by atoms with Gasteiger partial charge in [0.1, 0.15) is 6.54 Å². The molecule has 0 aliphatic carbocycles. The van der Waals surface area contributed by atoms with Crippen molar-refractivity contribution in [3.05, 3.63) is 69.9 Å². The van der Waals surface area contributed by atoms with Gasteiger partial charge >= 0.3 is 0 Å². The highest BCUT2D eigenvalue weighted by atomic mass is 32.2. The highest BCUT2D eigenvalue weighted by Gasteiger charge is 2.33. The minimum Gasteiger partial charge on any atom is -0.341 e. The van der Waals surface area contributed by atoms with Gasteiger partial charge in [0.05, 0.1) is 9.82 Å². The van der Waals surface area contributed by atoms with Gasteiger partial charge in [-0.15, -0.1) is 0 Å². The van der Waals surface area contributed by atoms with Gasteiger partial charge in [-0.2, -0.15) is 4.31 Å². The van der Waals surface area contributed by atoms with Crippen LogP contribution in [0.25, 0.3) is 10.9 Å². The molecule has 3 heterocycles. The van der Waals surface area contributed by atoms with E-state index in [2.05, 4.69) is 17.6 Å². The lowest BCUT2D eigenvalue weighted by atomic mass is 9.88. The maximum Gasteiger partial charge on any atom is 0.270 e. The van der Waals surface area contributed by atoms with Crippen LogP contribution in [0.3, 0.4) is 0 Å². The molecule has 0 saturated carbocycles. The first-order chi connectivity index (χ1) is 17.3. The normalized spacial score (nSPS) is 17.6. The summed E-state index contributed by atoms with van der Waals surface area (Å²) in [7, 11) is -3.82. The van der Waals surface area contributed by atoms with Crippen LogP contribution in [0.2, 0.25) is 0 Å². The number of nitrogens with zero attached hydrogens (tertiary/aromatic N) is 4. The van der Waals surface area contributed by atoms with Crippen molar-refractivity contribution < 1.29 is 18.1 Å². The van der Waals surface area contributed by atoms with E-state index in [4.69, 9.17) is 0 Å². The fourth-order valence-corrected chi connectivity index (χ4v) is 7.18. The number of fused-ring (bicyclic) bond motifs is 1. The molecule has 0 atom stereocenters. The molecule has 0 N–H and O–H groups in total. The van der Waals surface area contributed by atoms with Crippen molar-refractivity contribution in [3.63, 3.8) is 0 Å². The van der Waals surface area contributed by atoms with Crippen molar-refractivity contribution in [2.45, 2.75) is 50.0 Å². The third kappa shape index (κ3) is 4.39. The minimum atomic E-state index is -3.82. The maximum atomic E-state index is 13.2. The Bertz CT molecular complexity index is 1420. The Morgan fingerprint density at radius 2 is 1.72 bits per heavy atom. The van der Waals surface area contributed by atoms with Gasteiger partial charge in [0.2, 0.25) is 15.9 Å². The Kier molecular flexibility index (Phi) is 6.57. The van der Waals surface area contributed by atoms with Crippen LogP contribution < -0.4 is 0 Å². The molecule has 10 heteroatoms. The van der Waals surface area contributed by atoms with E-state index >= 15 is 0 Å². The van der Waals surface area contributed by atoms with Crippen molar-refractivity contribution in [2.75, 3.05) is 26.2 Å². The molecule has 0 spiro atoms. The van der Waals surface area contributed by atoms with Crippen LogP contribution in [0.4, 0.5) is 5.69 Å². The van der Waals surface area contributed by atoms with Crippen molar-refractivity contribution in [3.8, 4) is 0 Å². The van der Waals surface area contributed by atoms with Crippen LogP contribution in [0.1, 0.15) is 42.9 Å². The van der Waals surface area contributed by atoms with E-state index in [9.17, 15) is 23.3 Å². The lowest BCUT2D eigenvalue weighted by Gasteiger charge is -2.31. The van der Waals surface area contributed by atoms with E-state index in [-0.39, 0.29) is 22.4 Å². The van der Waals surface area contributed by atoms with Crippen LogP contribution in [0, 0.1) is 17.0 Å². The second kappa shape index (κ2) is 9.67. The number of benzene rings is 2. The summed E-state index contributed by atoms with van der Waals surface area (Å²) in [6.07, 6.45) is 3.40. The summed E-state index contributed by atoms with van der Waals surface area (Å²) >= 11 is 0. The Morgan fingerprint density at radius 3 is 2.42 bits per heavy atom. The summed E-state index contributed by atoms with van der Waals surface area (Å²) in [5, 5.41) is 12.2. The van der Waals surface area contributed by atoms with Gasteiger partial charge in [-0.1, -0.05) is 24.3 Å². The number of sulfonamides is 1. The number of nitro benzene ring substituents is 1. The molecule has 2 aliphatic heterocycles. The van der Waals surface area contributed by atoms with Crippen molar-refractivity contribution in [1.82, 2.24) is 13.8 Å². The second-order valence-corrected chi connectivity index (χ2v) is 11.6. The number of non-ortho nitro benzene ring substituents is 1. The van der Waals surface area contributed by atoms with E-state index in [1.54, 1.807) is 0 Å². The monoisotopic (exact) mass is 510 g/mol. The van der Waals surface area contributed by atoms with Gasteiger partial charge in [0.15, 0.2) is 0 Å². The SMILES string of the molecule is Cc1c(C2CCN(S(=O)(=O)c3cccc([N+](=O)[O-])c3)CC2)c2ccccc2n1CC(=O)N1CCCC1. The van der Waals surface area contributed by atoms with Crippen molar-refractivity contribution >= 4 is 32.5 Å². The number of hydrogen-bond donors (Lipinski definition) is 0. The third-order valence-corrected chi connectivity index (χ3v) is 9.45. The molecule has 36 heavy (non-hydrogen) atoms. The molecule has 0 unspecified atom stereocenters. The van der Waals surface area contributed by atoms with Crippen molar-refractivity contribution in [2.24, 2.45) is 0 Å². The summed E-state index contributed by atoms with van der Waals surface area (Å²) in [6, 6.07) is 13.3. The first-order valence-electron chi connectivity index (χ1n) is 12.4. The predicted octanol–water partition coefficient (Wildman–Crippen LogP) is 4.05. The molecule has 3 aromatic rings. The summed E-state index contributed by atoms with van der Waals surface area (Å²) in [6.45, 7) is 4.68. The van der Waals surface area contributed by atoms with E-state index in [0.717, 1.165) is 48.6 Å². The summed E-state index contributed by atoms with van der Waals surface area (Å²) in [5.74, 6) is 0.301. The van der Waals surface area contributed by atoms with Gasteiger partial charge in [0, 0.05) is 54.9 Å². The number of nitro groups is 1. The number of hydrogen-bond acceptors (Lipinski definition) is 5. The summed E-state index contributed by atoms with van der Waals surface area (Å²) in [5.41, 5.74) is 3.04. The quantitative estimate of drug-likeness (QED) is 0.367. The number of amides is 1. The lowest BCUT2D eigenvalue weighted by molar-refractivity contribution is -0.385. The Balaban J connectivity index is 1.38. The molecule has 2 aliphatic rings. The molecule has 2 saturated heterocycles. The van der Waals surface area contributed by atoms with Crippen LogP contribution in [-0.4, -0.2) is 59.2 Å². The van der Waals surface area contributed by atoms with Crippen LogP contribution >= 0.6 is 0 Å². The van der Waals surface area contributed by atoms with Gasteiger partial charge in [0.25, 0.3) is 5.69 Å². The predicted molar refractivity (Wildman–Crippen MR) is 136 cm³/mol. The van der Waals surface area contributed by atoms with Crippen LogP contribution in [0.15, 0.2) is 53.4 Å². The average Bonchev–Trinajstić information content (AvgIpc) is 3.52. The van der Waals surface area contributed by atoms with Gasteiger partial charge < -0.3 is 9.47 Å². The van der Waals surface area contributed by atoms with Gasteiger partial charge in [-0.25, -0.2) is 8.42 Å². The van der Waals surface area contributed by atoms with Gasteiger partial charge in [-0.05, 0) is 56.2 Å². The summed E-state index contributed by atoms with van der Waals surface area (Å²) in [4.78, 5) is 25.3. The van der Waals surface area contributed by atoms with Crippen molar-refractivity contribution in [1.29, 1.82) is 0 Å². The minimum absolute atomic E-state index is 0.0524. The maximum absolute atomic E-state index is 13.2. The highest BCUT2D eigenvalue weighted by Crippen LogP contribution is 2.38. The van der Waals surface area contributed by atoms with Gasteiger partial charge in [-0.3, -0.25) is 14.9 Å². The number of carbonyl (C=O) groups excluding carboxylic acids is 1. The van der Waals surface area contributed by atoms with Crippen LogP contribution in [0.5, 0.6) is 0 Å². The van der Waals surface area contributed by atoms with Crippen LogP contribution in [-0.2, 0) is 21.4 Å².